The molecule has 3 aromatic heterocycles. The average Bonchev–Trinajstić information content (AvgIpc) is 3.53. The van der Waals surface area contributed by atoms with Gasteiger partial charge in [0, 0.05) is 30.2 Å². The minimum absolute atomic E-state index is 0.0176. The molecular formula is C25H34N8O3. The van der Waals surface area contributed by atoms with Crippen LogP contribution >= 0.6 is 0 Å². The summed E-state index contributed by atoms with van der Waals surface area (Å²) >= 11 is 0. The monoisotopic (exact) mass is 494 g/mol. The molecule has 2 amide bonds. The molecule has 0 aliphatic heterocycles. The fourth-order valence-electron chi connectivity index (χ4n) is 4.80. The maximum atomic E-state index is 13.5. The van der Waals surface area contributed by atoms with Crippen molar-refractivity contribution in [2.45, 2.75) is 71.5 Å². The lowest BCUT2D eigenvalue weighted by Crippen LogP contribution is -2.49. The minimum atomic E-state index is -0.690. The first-order chi connectivity index (χ1) is 17.2. The van der Waals surface area contributed by atoms with Crippen molar-refractivity contribution < 1.29 is 9.59 Å². The Hall–Kier alpha value is -3.76. The summed E-state index contributed by atoms with van der Waals surface area (Å²) < 4.78 is 3.26. The lowest BCUT2D eigenvalue weighted by molar-refractivity contribution is -0.119. The van der Waals surface area contributed by atoms with E-state index in [1.54, 1.807) is 40.1 Å². The van der Waals surface area contributed by atoms with E-state index in [0.29, 0.717) is 22.9 Å². The highest BCUT2D eigenvalue weighted by molar-refractivity contribution is 6.00. The topological polar surface area (TPSA) is 140 Å². The lowest BCUT2D eigenvalue weighted by atomic mass is 9.79. The van der Waals surface area contributed by atoms with Crippen molar-refractivity contribution in [1.29, 1.82) is 0 Å². The van der Waals surface area contributed by atoms with Crippen LogP contribution in [-0.2, 0) is 4.79 Å². The van der Waals surface area contributed by atoms with E-state index >= 15 is 0 Å². The molecule has 4 rings (SSSR count). The molecule has 1 fully saturated rings. The molecule has 11 nitrogen and oxygen atoms in total. The lowest BCUT2D eigenvalue weighted by Gasteiger charge is -2.32. The molecule has 0 radical (unpaired) electrons. The van der Waals surface area contributed by atoms with Gasteiger partial charge >= 0.3 is 0 Å². The summed E-state index contributed by atoms with van der Waals surface area (Å²) in [5.74, 6) is 0.0395. The van der Waals surface area contributed by atoms with E-state index in [4.69, 9.17) is 0 Å². The molecule has 1 saturated carbocycles. The van der Waals surface area contributed by atoms with Crippen molar-refractivity contribution in [3.05, 3.63) is 58.5 Å². The van der Waals surface area contributed by atoms with Crippen LogP contribution in [0.4, 0.5) is 5.69 Å². The number of hydrogen-bond acceptors (Lipinski definition) is 6. The van der Waals surface area contributed by atoms with Crippen molar-refractivity contribution in [3.63, 3.8) is 0 Å². The summed E-state index contributed by atoms with van der Waals surface area (Å²) in [6.45, 7) is 7.96. The van der Waals surface area contributed by atoms with Crippen molar-refractivity contribution in [3.8, 4) is 0 Å². The zero-order valence-corrected chi connectivity index (χ0v) is 21.1. The van der Waals surface area contributed by atoms with Gasteiger partial charge in [-0.15, -0.1) is 0 Å². The van der Waals surface area contributed by atoms with Gasteiger partial charge in [-0.2, -0.15) is 15.3 Å². The smallest absolute Gasteiger partial charge is 0.270 e. The second kappa shape index (κ2) is 10.9. The summed E-state index contributed by atoms with van der Waals surface area (Å²) in [5, 5.41) is 20.6. The number of nitrogens with zero attached hydrogens (tertiary/aromatic N) is 5. The molecule has 3 aromatic rings. The molecule has 3 N–H and O–H groups in total. The molecule has 192 valence electrons. The Labute approximate surface area is 209 Å². The summed E-state index contributed by atoms with van der Waals surface area (Å²) in [6, 6.07) is 2.28. The molecule has 0 aromatic carbocycles. The number of H-pyrrole nitrogens is 1. The molecule has 0 bridgehead atoms. The third-order valence-electron chi connectivity index (χ3n) is 6.97. The third-order valence-corrected chi connectivity index (χ3v) is 6.97. The Morgan fingerprint density at radius 2 is 1.83 bits per heavy atom. The first-order valence-electron chi connectivity index (χ1n) is 12.5. The van der Waals surface area contributed by atoms with Gasteiger partial charge in [-0.3, -0.25) is 23.7 Å². The second-order valence-corrected chi connectivity index (χ2v) is 9.94. The highest BCUT2D eigenvalue weighted by Gasteiger charge is 2.33. The predicted octanol–water partition coefficient (Wildman–Crippen LogP) is 2.92. The maximum absolute atomic E-state index is 13.5. The van der Waals surface area contributed by atoms with Crippen molar-refractivity contribution in [2.75, 3.05) is 5.32 Å². The van der Waals surface area contributed by atoms with Gasteiger partial charge < -0.3 is 10.6 Å². The molecular weight excluding hydrogens is 460 g/mol. The fourth-order valence-corrected chi connectivity index (χ4v) is 4.80. The van der Waals surface area contributed by atoms with Gasteiger partial charge in [-0.05, 0) is 57.6 Å². The Morgan fingerprint density at radius 3 is 2.53 bits per heavy atom. The standard InChI is InChI=1S/C25H34N8O3/c1-15(2)33-21(10-12-27-33)24(35)30-22(18-7-5-16(3)6-8-18)25(36)29-19-13-28-32(14-19)17(4)20-9-11-26-31-23(20)34/h9-18,22H,5-8H2,1-4H3,(H,29,36)(H,30,35)(H,31,34)/t16?,17?,18?,22-/m0/s1. The number of hydrogen-bond donors (Lipinski definition) is 3. The van der Waals surface area contributed by atoms with Gasteiger partial charge in [0.25, 0.3) is 11.5 Å². The first kappa shape index (κ1) is 25.3. The van der Waals surface area contributed by atoms with E-state index in [2.05, 4.69) is 38.0 Å². The van der Waals surface area contributed by atoms with Crippen LogP contribution in [0, 0.1) is 11.8 Å². The second-order valence-electron chi connectivity index (χ2n) is 9.94. The number of aromatic amines is 1. The third kappa shape index (κ3) is 5.55. The molecule has 1 aliphatic rings. The van der Waals surface area contributed by atoms with Gasteiger partial charge in [-0.25, -0.2) is 5.10 Å². The molecule has 2 atom stereocenters. The van der Waals surface area contributed by atoms with E-state index in [0.717, 1.165) is 25.7 Å². The van der Waals surface area contributed by atoms with Crippen molar-refractivity contribution in [2.24, 2.45) is 11.8 Å². The van der Waals surface area contributed by atoms with Crippen LogP contribution in [0.5, 0.6) is 0 Å². The van der Waals surface area contributed by atoms with E-state index in [1.807, 2.05) is 20.8 Å². The number of rotatable bonds is 8. The Bertz CT molecular complexity index is 1250. The van der Waals surface area contributed by atoms with Crippen LogP contribution < -0.4 is 16.2 Å². The summed E-state index contributed by atoms with van der Waals surface area (Å²) in [6.07, 6.45) is 10.1. The molecule has 3 heterocycles. The molecule has 0 spiro atoms. The summed E-state index contributed by atoms with van der Waals surface area (Å²) in [4.78, 5) is 38.8. The van der Waals surface area contributed by atoms with Crippen molar-refractivity contribution >= 4 is 17.5 Å². The van der Waals surface area contributed by atoms with Crippen LogP contribution in [0.3, 0.4) is 0 Å². The van der Waals surface area contributed by atoms with E-state index in [9.17, 15) is 14.4 Å². The average molecular weight is 495 g/mol. The van der Waals surface area contributed by atoms with Crippen LogP contribution in [0.25, 0.3) is 0 Å². The molecule has 11 heteroatoms. The van der Waals surface area contributed by atoms with E-state index < -0.39 is 6.04 Å². The van der Waals surface area contributed by atoms with Crippen LogP contribution in [0.2, 0.25) is 0 Å². The number of nitrogens with one attached hydrogen (secondary N) is 3. The summed E-state index contributed by atoms with van der Waals surface area (Å²) in [5.41, 5.74) is 1.14. The first-order valence-corrected chi connectivity index (χ1v) is 12.5. The largest absolute Gasteiger partial charge is 0.339 e. The molecule has 1 unspecified atom stereocenters. The van der Waals surface area contributed by atoms with Crippen LogP contribution in [0.1, 0.15) is 81.5 Å². The SMILES string of the molecule is CC1CCC([C@H](NC(=O)c2ccnn2C(C)C)C(=O)Nc2cnn(C(C)c3ccn[nH]c3=O)c2)CC1. The quantitative estimate of drug-likeness (QED) is 0.440. The number of anilines is 1. The van der Waals surface area contributed by atoms with Gasteiger partial charge in [0.2, 0.25) is 5.91 Å². The van der Waals surface area contributed by atoms with Crippen molar-refractivity contribution in [1.82, 2.24) is 35.1 Å². The number of aromatic nitrogens is 6. The highest BCUT2D eigenvalue weighted by atomic mass is 16.2. The minimum Gasteiger partial charge on any atom is -0.339 e. The van der Waals surface area contributed by atoms with Crippen LogP contribution in [-0.4, -0.2) is 47.6 Å². The summed E-state index contributed by atoms with van der Waals surface area (Å²) in [7, 11) is 0. The zero-order chi connectivity index (χ0) is 25.8. The zero-order valence-electron chi connectivity index (χ0n) is 21.1. The maximum Gasteiger partial charge on any atom is 0.270 e. The Morgan fingerprint density at radius 1 is 1.08 bits per heavy atom. The Kier molecular flexibility index (Phi) is 7.66. The number of amides is 2. The van der Waals surface area contributed by atoms with E-state index in [1.165, 1.54) is 6.20 Å². The Balaban J connectivity index is 1.51. The van der Waals surface area contributed by atoms with Crippen LogP contribution in [0.15, 0.2) is 41.7 Å². The van der Waals surface area contributed by atoms with Gasteiger partial charge in [0.05, 0.1) is 17.9 Å². The van der Waals surface area contributed by atoms with Gasteiger partial charge in [0.1, 0.15) is 11.7 Å². The molecule has 1 aliphatic carbocycles. The van der Waals surface area contributed by atoms with Gasteiger partial charge in [0.15, 0.2) is 0 Å². The molecule has 0 saturated heterocycles. The fraction of sp³-hybridized carbons (Fsp3) is 0.520. The number of carbonyl (C=O) groups is 2. The predicted molar refractivity (Wildman–Crippen MR) is 135 cm³/mol. The normalized spacial score (nSPS) is 19.6. The number of carbonyl (C=O) groups excluding carboxylic acids is 2. The van der Waals surface area contributed by atoms with Gasteiger partial charge in [-0.1, -0.05) is 19.8 Å². The molecule has 36 heavy (non-hydrogen) atoms. The van der Waals surface area contributed by atoms with E-state index in [-0.39, 0.29) is 35.4 Å². The highest BCUT2D eigenvalue weighted by Crippen LogP contribution is 2.31.